The van der Waals surface area contributed by atoms with Gasteiger partial charge in [-0.3, -0.25) is 4.79 Å². The van der Waals surface area contributed by atoms with E-state index in [0.29, 0.717) is 27.8 Å². The van der Waals surface area contributed by atoms with Gasteiger partial charge in [0.25, 0.3) is 0 Å². The highest BCUT2D eigenvalue weighted by molar-refractivity contribution is 5.89. The fourth-order valence-corrected chi connectivity index (χ4v) is 3.26. The van der Waals surface area contributed by atoms with Crippen molar-refractivity contribution in [2.45, 2.75) is 13.2 Å². The summed E-state index contributed by atoms with van der Waals surface area (Å²) in [4.78, 5) is 24.6. The van der Waals surface area contributed by atoms with E-state index in [9.17, 15) is 14.7 Å². The lowest BCUT2D eigenvalue weighted by molar-refractivity contribution is 0.0600. The summed E-state index contributed by atoms with van der Waals surface area (Å²) in [5.41, 5.74) is 3.48. The van der Waals surface area contributed by atoms with Crippen molar-refractivity contribution in [3.05, 3.63) is 99.9 Å². The Balaban J connectivity index is 1.56. The molecule has 0 amide bonds. The number of aliphatic hydroxyl groups excluding tert-OH is 1. The second-order valence-electron chi connectivity index (χ2n) is 6.97. The highest BCUT2D eigenvalue weighted by atomic mass is 16.5. The van der Waals surface area contributed by atoms with Gasteiger partial charge in [0.2, 0.25) is 0 Å². The predicted octanol–water partition coefficient (Wildman–Crippen LogP) is 4.32. The minimum atomic E-state index is -0.406. The maximum absolute atomic E-state index is 12.9. The normalized spacial score (nSPS) is 10.8. The van der Waals surface area contributed by atoms with Gasteiger partial charge in [-0.15, -0.1) is 0 Å². The van der Waals surface area contributed by atoms with Crippen molar-refractivity contribution < 1.29 is 23.8 Å². The number of aliphatic hydroxyl groups is 1. The summed E-state index contributed by atoms with van der Waals surface area (Å²) in [6, 6.07) is 19.1. The highest BCUT2D eigenvalue weighted by Crippen LogP contribution is 2.24. The van der Waals surface area contributed by atoms with Gasteiger partial charge in [0.1, 0.15) is 24.2 Å². The van der Waals surface area contributed by atoms with E-state index >= 15 is 0 Å². The van der Waals surface area contributed by atoms with Crippen LogP contribution in [0.4, 0.5) is 0 Å². The van der Waals surface area contributed by atoms with Gasteiger partial charge in [-0.05, 0) is 41.0 Å². The van der Waals surface area contributed by atoms with Gasteiger partial charge in [0.05, 0.1) is 30.2 Å². The molecule has 156 valence electrons. The molecule has 0 saturated heterocycles. The summed E-state index contributed by atoms with van der Waals surface area (Å²) >= 11 is 0. The van der Waals surface area contributed by atoms with Crippen LogP contribution in [0.15, 0.2) is 82.2 Å². The van der Waals surface area contributed by atoms with Gasteiger partial charge >= 0.3 is 5.97 Å². The third kappa shape index (κ3) is 4.34. The van der Waals surface area contributed by atoms with Crippen LogP contribution in [0.2, 0.25) is 0 Å². The van der Waals surface area contributed by atoms with Crippen molar-refractivity contribution >= 4 is 16.9 Å². The van der Waals surface area contributed by atoms with Crippen LogP contribution in [0.1, 0.15) is 21.5 Å². The van der Waals surface area contributed by atoms with E-state index in [2.05, 4.69) is 0 Å². The average molecular weight is 416 g/mol. The fourth-order valence-electron chi connectivity index (χ4n) is 3.26. The van der Waals surface area contributed by atoms with Crippen molar-refractivity contribution in [3.63, 3.8) is 0 Å². The molecule has 3 aromatic carbocycles. The van der Waals surface area contributed by atoms with Crippen LogP contribution in [-0.2, 0) is 18.0 Å². The molecule has 0 aliphatic carbocycles. The van der Waals surface area contributed by atoms with Crippen molar-refractivity contribution in [3.8, 4) is 16.9 Å². The molecule has 0 aliphatic heterocycles. The molecule has 0 unspecified atom stereocenters. The van der Waals surface area contributed by atoms with Gasteiger partial charge in [0, 0.05) is 6.07 Å². The first-order valence-corrected chi connectivity index (χ1v) is 9.65. The zero-order valence-corrected chi connectivity index (χ0v) is 16.8. The van der Waals surface area contributed by atoms with Crippen molar-refractivity contribution in [2.75, 3.05) is 7.11 Å². The highest BCUT2D eigenvalue weighted by Gasteiger charge is 2.11. The fraction of sp³-hybridized carbons (Fsp3) is 0.120. The van der Waals surface area contributed by atoms with E-state index in [0.717, 1.165) is 16.7 Å². The third-order valence-corrected chi connectivity index (χ3v) is 4.95. The Bertz CT molecular complexity index is 1290. The number of hydrogen-bond donors (Lipinski definition) is 1. The molecule has 6 nitrogen and oxygen atoms in total. The first kappa shape index (κ1) is 20.4. The first-order chi connectivity index (χ1) is 15.1. The minimum Gasteiger partial charge on any atom is -0.489 e. The molecule has 0 fully saturated rings. The molecule has 0 bridgehead atoms. The molecule has 6 heteroatoms. The quantitative estimate of drug-likeness (QED) is 0.471. The maximum Gasteiger partial charge on any atom is 0.337 e. The van der Waals surface area contributed by atoms with Crippen LogP contribution in [0.3, 0.4) is 0 Å². The van der Waals surface area contributed by atoms with E-state index < -0.39 is 5.97 Å². The summed E-state index contributed by atoms with van der Waals surface area (Å²) in [7, 11) is 1.34. The molecule has 1 N–H and O–H groups in total. The topological polar surface area (TPSA) is 86.0 Å². The Hall–Kier alpha value is -3.90. The molecule has 0 aliphatic rings. The van der Waals surface area contributed by atoms with Gasteiger partial charge in [-0.1, -0.05) is 36.4 Å². The number of fused-ring (bicyclic) bond motifs is 1. The molecule has 0 radical (unpaired) electrons. The lowest BCUT2D eigenvalue weighted by Gasteiger charge is -2.09. The standard InChI is InChI=1S/C25H20O6/c1-29-25(28)19-4-2-3-17(11-19)14-30-20-9-10-21-23(12-20)31-15-22(24(21)27)18-7-5-16(13-26)6-8-18/h2-12,15,26H,13-14H2,1H3. The van der Waals surface area contributed by atoms with E-state index in [1.54, 1.807) is 60.7 Å². The summed E-state index contributed by atoms with van der Waals surface area (Å²) in [6.07, 6.45) is 1.43. The van der Waals surface area contributed by atoms with Gasteiger partial charge in [0.15, 0.2) is 5.43 Å². The smallest absolute Gasteiger partial charge is 0.337 e. The maximum atomic E-state index is 12.9. The zero-order valence-electron chi connectivity index (χ0n) is 16.8. The van der Waals surface area contributed by atoms with Gasteiger partial charge in [-0.25, -0.2) is 4.79 Å². The number of ether oxygens (including phenoxy) is 2. The Labute approximate surface area is 178 Å². The lowest BCUT2D eigenvalue weighted by Crippen LogP contribution is -2.05. The molecule has 1 heterocycles. The predicted molar refractivity (Wildman–Crippen MR) is 116 cm³/mol. The Morgan fingerprint density at radius 2 is 1.81 bits per heavy atom. The van der Waals surface area contributed by atoms with Crippen LogP contribution in [0.25, 0.3) is 22.1 Å². The zero-order chi connectivity index (χ0) is 21.8. The van der Waals surface area contributed by atoms with Crippen molar-refractivity contribution in [1.82, 2.24) is 0 Å². The number of esters is 1. The number of rotatable bonds is 6. The number of carbonyl (C=O) groups is 1. The molecule has 0 spiro atoms. The van der Waals surface area contributed by atoms with Crippen LogP contribution in [-0.4, -0.2) is 18.2 Å². The number of methoxy groups -OCH3 is 1. The van der Waals surface area contributed by atoms with Crippen LogP contribution in [0.5, 0.6) is 5.75 Å². The first-order valence-electron chi connectivity index (χ1n) is 9.65. The van der Waals surface area contributed by atoms with E-state index in [4.69, 9.17) is 13.9 Å². The summed E-state index contributed by atoms with van der Waals surface area (Å²) < 4.78 is 16.2. The largest absolute Gasteiger partial charge is 0.489 e. The SMILES string of the molecule is COC(=O)c1cccc(COc2ccc3c(=O)c(-c4ccc(CO)cc4)coc3c2)c1. The van der Waals surface area contributed by atoms with Crippen molar-refractivity contribution in [2.24, 2.45) is 0 Å². The van der Waals surface area contributed by atoms with E-state index in [1.807, 2.05) is 6.07 Å². The molecule has 31 heavy (non-hydrogen) atoms. The Morgan fingerprint density at radius 3 is 2.55 bits per heavy atom. The molecule has 1 aromatic heterocycles. The monoisotopic (exact) mass is 416 g/mol. The van der Waals surface area contributed by atoms with Gasteiger partial charge in [-0.2, -0.15) is 0 Å². The van der Waals surface area contributed by atoms with Crippen LogP contribution in [0, 0.1) is 0 Å². The molecule has 0 atom stereocenters. The van der Waals surface area contributed by atoms with E-state index in [-0.39, 0.29) is 18.6 Å². The Morgan fingerprint density at radius 1 is 1.00 bits per heavy atom. The second-order valence-corrected chi connectivity index (χ2v) is 6.97. The molecule has 4 aromatic rings. The number of hydrogen-bond acceptors (Lipinski definition) is 6. The van der Waals surface area contributed by atoms with Gasteiger partial charge < -0.3 is 19.0 Å². The Kier molecular flexibility index (Phi) is 5.82. The number of carbonyl (C=O) groups excluding carboxylic acids is 1. The summed E-state index contributed by atoms with van der Waals surface area (Å²) in [5, 5.41) is 9.62. The molecular weight excluding hydrogens is 396 g/mol. The minimum absolute atomic E-state index is 0.0532. The lowest BCUT2D eigenvalue weighted by atomic mass is 10.0. The second kappa shape index (κ2) is 8.85. The van der Waals surface area contributed by atoms with E-state index in [1.165, 1.54) is 13.4 Å². The molecule has 0 saturated carbocycles. The van der Waals surface area contributed by atoms with Crippen LogP contribution < -0.4 is 10.2 Å². The summed E-state index contributed by atoms with van der Waals surface area (Å²) in [6.45, 7) is 0.193. The summed E-state index contributed by atoms with van der Waals surface area (Å²) in [5.74, 6) is 0.135. The van der Waals surface area contributed by atoms with Crippen molar-refractivity contribution in [1.29, 1.82) is 0 Å². The molecular formula is C25H20O6. The number of benzene rings is 3. The molecule has 4 rings (SSSR count). The third-order valence-electron chi connectivity index (χ3n) is 4.95. The average Bonchev–Trinajstić information content (AvgIpc) is 2.82. The van der Waals surface area contributed by atoms with Crippen LogP contribution >= 0.6 is 0 Å².